The summed E-state index contributed by atoms with van der Waals surface area (Å²) in [5, 5.41) is 6.06. The highest BCUT2D eigenvalue weighted by Gasteiger charge is 2.31. The van der Waals surface area contributed by atoms with E-state index < -0.39 is 9.84 Å². The minimum absolute atomic E-state index is 0.0547. The number of fused-ring (bicyclic) bond motifs is 2. The van der Waals surface area contributed by atoms with Crippen molar-refractivity contribution in [2.45, 2.75) is 9.10 Å². The maximum Gasteiger partial charge on any atom is 0.221 e. The summed E-state index contributed by atoms with van der Waals surface area (Å²) in [4.78, 5) is 13.2. The minimum Gasteiger partial charge on any atom is -0.382 e. The molecule has 0 spiro atoms. The van der Waals surface area contributed by atoms with Gasteiger partial charge in [0.25, 0.3) is 0 Å². The van der Waals surface area contributed by atoms with Crippen LogP contribution < -0.4 is 5.73 Å². The van der Waals surface area contributed by atoms with Gasteiger partial charge < -0.3 is 5.73 Å². The monoisotopic (exact) mass is 434 g/mol. The lowest BCUT2D eigenvalue weighted by Crippen LogP contribution is -2.05. The number of nitrogen functional groups attached to an aromatic ring is 1. The van der Waals surface area contributed by atoms with Gasteiger partial charge in [-0.15, -0.1) is 11.3 Å². The number of benzene rings is 1. The molecule has 0 unspecified atom stereocenters. The molecule has 0 saturated carbocycles. The Morgan fingerprint density at radius 3 is 2.47 bits per heavy atom. The predicted molar refractivity (Wildman–Crippen MR) is 116 cm³/mol. The van der Waals surface area contributed by atoms with E-state index in [-0.39, 0.29) is 26.1 Å². The number of pyridine rings is 1. The quantitative estimate of drug-likeness (QED) is 0.434. The van der Waals surface area contributed by atoms with E-state index in [0.717, 1.165) is 11.3 Å². The number of anilines is 1. The molecule has 0 aliphatic carbocycles. The molecule has 4 aromatic heterocycles. The van der Waals surface area contributed by atoms with Gasteiger partial charge in [0.1, 0.15) is 20.4 Å². The molecule has 4 heterocycles. The molecule has 5 rings (SSSR count). The van der Waals surface area contributed by atoms with Crippen molar-refractivity contribution in [1.82, 2.24) is 19.6 Å². The fourth-order valence-electron chi connectivity index (χ4n) is 3.09. The Balaban J connectivity index is 1.83. The van der Waals surface area contributed by atoms with Gasteiger partial charge in [0.15, 0.2) is 5.65 Å². The topological polar surface area (TPSA) is 116 Å². The lowest BCUT2D eigenvalue weighted by molar-refractivity contribution is 0.599. The summed E-state index contributed by atoms with van der Waals surface area (Å²) in [6, 6.07) is 15.8. The first-order valence-corrected chi connectivity index (χ1v) is 11.2. The summed E-state index contributed by atoms with van der Waals surface area (Å²) < 4.78 is 28.2. The maximum atomic E-state index is 13.3. The summed E-state index contributed by atoms with van der Waals surface area (Å²) in [5.41, 5.74) is 8.51. The number of hydrogen-bond acceptors (Lipinski definition) is 8. The molecule has 10 heteroatoms. The van der Waals surface area contributed by atoms with Crippen LogP contribution in [0.25, 0.3) is 22.2 Å². The SMILES string of the molecule is Nc1c(S(=O)(=O)c2cccs2)c2nc3ccccc3nc2n1/N=C\c1ccccn1. The van der Waals surface area contributed by atoms with Crippen LogP contribution in [0.2, 0.25) is 0 Å². The lowest BCUT2D eigenvalue weighted by Gasteiger charge is -2.02. The molecule has 0 fully saturated rings. The van der Waals surface area contributed by atoms with Crippen molar-refractivity contribution in [3.8, 4) is 0 Å². The second-order valence-corrected chi connectivity index (χ2v) is 9.41. The molecule has 30 heavy (non-hydrogen) atoms. The zero-order valence-corrected chi connectivity index (χ0v) is 17.0. The first-order valence-electron chi connectivity index (χ1n) is 8.86. The van der Waals surface area contributed by atoms with E-state index in [1.807, 2.05) is 18.2 Å². The largest absolute Gasteiger partial charge is 0.382 e. The molecular formula is C20H14N6O2S2. The second kappa shape index (κ2) is 7.01. The zero-order chi connectivity index (χ0) is 20.7. The van der Waals surface area contributed by atoms with Gasteiger partial charge in [0.2, 0.25) is 9.84 Å². The number of para-hydroxylation sites is 2. The van der Waals surface area contributed by atoms with E-state index in [4.69, 9.17) is 5.73 Å². The molecular weight excluding hydrogens is 420 g/mol. The van der Waals surface area contributed by atoms with Crippen LogP contribution in [0.5, 0.6) is 0 Å². The highest BCUT2D eigenvalue weighted by atomic mass is 32.2. The van der Waals surface area contributed by atoms with Crippen LogP contribution >= 0.6 is 11.3 Å². The third-order valence-electron chi connectivity index (χ3n) is 4.45. The first-order chi connectivity index (χ1) is 14.6. The molecule has 0 aliphatic heterocycles. The summed E-state index contributed by atoms with van der Waals surface area (Å²) in [6.07, 6.45) is 3.13. The Labute approximate surface area is 175 Å². The van der Waals surface area contributed by atoms with Crippen molar-refractivity contribution < 1.29 is 8.42 Å². The number of sulfone groups is 1. The average Bonchev–Trinajstić information content (AvgIpc) is 3.38. The molecule has 8 nitrogen and oxygen atoms in total. The molecule has 0 bridgehead atoms. The number of aromatic nitrogens is 4. The minimum atomic E-state index is -3.90. The number of nitrogens with two attached hydrogens (primary N) is 1. The van der Waals surface area contributed by atoms with Crippen LogP contribution in [0, 0.1) is 0 Å². The van der Waals surface area contributed by atoms with Crippen molar-refractivity contribution in [2.24, 2.45) is 5.10 Å². The fourth-order valence-corrected chi connectivity index (χ4v) is 5.67. The van der Waals surface area contributed by atoms with E-state index in [1.165, 1.54) is 17.0 Å². The number of hydrogen-bond donors (Lipinski definition) is 1. The molecule has 148 valence electrons. The van der Waals surface area contributed by atoms with Crippen LogP contribution in [0.1, 0.15) is 5.69 Å². The van der Waals surface area contributed by atoms with Crippen LogP contribution in [-0.2, 0) is 9.84 Å². The highest BCUT2D eigenvalue weighted by molar-refractivity contribution is 7.93. The van der Waals surface area contributed by atoms with Gasteiger partial charge in [-0.1, -0.05) is 24.3 Å². The van der Waals surface area contributed by atoms with Crippen LogP contribution in [0.4, 0.5) is 5.82 Å². The van der Waals surface area contributed by atoms with E-state index in [2.05, 4.69) is 20.1 Å². The van der Waals surface area contributed by atoms with E-state index in [9.17, 15) is 8.42 Å². The van der Waals surface area contributed by atoms with Crippen molar-refractivity contribution in [3.63, 3.8) is 0 Å². The summed E-state index contributed by atoms with van der Waals surface area (Å²) in [7, 11) is -3.90. The van der Waals surface area contributed by atoms with Crippen molar-refractivity contribution >= 4 is 55.4 Å². The smallest absolute Gasteiger partial charge is 0.221 e. The van der Waals surface area contributed by atoms with Gasteiger partial charge in [0.05, 0.1) is 22.9 Å². The molecule has 5 aromatic rings. The maximum absolute atomic E-state index is 13.3. The van der Waals surface area contributed by atoms with E-state index >= 15 is 0 Å². The summed E-state index contributed by atoms with van der Waals surface area (Å²) in [6.45, 7) is 0. The normalized spacial score (nSPS) is 12.3. The second-order valence-electron chi connectivity index (χ2n) is 6.35. The Bertz CT molecular complexity index is 1510. The van der Waals surface area contributed by atoms with Crippen molar-refractivity contribution in [3.05, 3.63) is 71.9 Å². The third kappa shape index (κ3) is 2.93. The molecule has 0 atom stereocenters. The zero-order valence-electron chi connectivity index (χ0n) is 15.4. The van der Waals surface area contributed by atoms with Crippen molar-refractivity contribution in [1.29, 1.82) is 0 Å². The predicted octanol–water partition coefficient (Wildman–Crippen LogP) is 3.34. The van der Waals surface area contributed by atoms with E-state index in [0.29, 0.717) is 16.7 Å². The molecule has 1 aromatic carbocycles. The van der Waals surface area contributed by atoms with Crippen LogP contribution in [-0.4, -0.2) is 34.3 Å². The van der Waals surface area contributed by atoms with E-state index in [1.54, 1.807) is 41.9 Å². The van der Waals surface area contributed by atoms with Gasteiger partial charge in [-0.3, -0.25) is 4.98 Å². The average molecular weight is 435 g/mol. The first kappa shape index (κ1) is 18.4. The Kier molecular flexibility index (Phi) is 4.30. The summed E-state index contributed by atoms with van der Waals surface area (Å²) in [5.74, 6) is -0.0547. The Morgan fingerprint density at radius 2 is 1.77 bits per heavy atom. The Hall–Kier alpha value is -3.63. The third-order valence-corrected chi connectivity index (χ3v) is 7.66. The van der Waals surface area contributed by atoms with Gasteiger partial charge >= 0.3 is 0 Å². The Morgan fingerprint density at radius 1 is 1.00 bits per heavy atom. The van der Waals surface area contributed by atoms with Crippen molar-refractivity contribution in [2.75, 3.05) is 5.73 Å². The molecule has 0 radical (unpaired) electrons. The molecule has 0 amide bonds. The summed E-state index contributed by atoms with van der Waals surface area (Å²) >= 11 is 1.12. The van der Waals surface area contributed by atoms with Crippen LogP contribution in [0.15, 0.2) is 80.4 Å². The fraction of sp³-hybridized carbons (Fsp3) is 0. The molecule has 0 aliphatic rings. The molecule has 0 saturated heterocycles. The van der Waals surface area contributed by atoms with Gasteiger partial charge in [-0.2, -0.15) is 9.78 Å². The van der Waals surface area contributed by atoms with Gasteiger partial charge in [-0.25, -0.2) is 18.4 Å². The molecule has 2 N–H and O–H groups in total. The number of rotatable bonds is 4. The highest BCUT2D eigenvalue weighted by Crippen LogP contribution is 2.36. The number of nitrogens with zero attached hydrogens (tertiary/aromatic N) is 5. The van der Waals surface area contributed by atoms with Gasteiger partial charge in [0, 0.05) is 6.20 Å². The van der Waals surface area contributed by atoms with Crippen LogP contribution in [0.3, 0.4) is 0 Å². The number of thiophene rings is 1. The van der Waals surface area contributed by atoms with Gasteiger partial charge in [-0.05, 0) is 35.7 Å². The standard InChI is InChI=1S/C20H14N6O2S2/c21-19-18(30(27,28)16-9-5-11-29-16)17-20(25-15-8-2-1-7-14(15)24-17)26(19)23-12-13-6-3-4-10-22-13/h1-12H,21H2/b23-12-. The lowest BCUT2D eigenvalue weighted by atomic mass is 10.3.